The fourth-order valence-electron chi connectivity index (χ4n) is 3.22. The summed E-state index contributed by atoms with van der Waals surface area (Å²) in [7, 11) is 1.62. The van der Waals surface area contributed by atoms with E-state index in [1.807, 2.05) is 48.5 Å². The number of fused-ring (bicyclic) bond motifs is 1. The second-order valence-electron chi connectivity index (χ2n) is 6.45. The van der Waals surface area contributed by atoms with Crippen LogP contribution in [0, 0.1) is 0 Å². The van der Waals surface area contributed by atoms with Gasteiger partial charge in [0.05, 0.1) is 36.9 Å². The Labute approximate surface area is 171 Å². The lowest BCUT2D eigenvalue weighted by atomic mass is 10.1. The molecule has 0 spiro atoms. The summed E-state index contributed by atoms with van der Waals surface area (Å²) in [5.41, 5.74) is 3.00. The van der Waals surface area contributed by atoms with Crippen LogP contribution in [-0.4, -0.2) is 54.2 Å². The zero-order valence-electron chi connectivity index (χ0n) is 15.4. The zero-order valence-corrected chi connectivity index (χ0v) is 17.0. The van der Waals surface area contributed by atoms with Crippen LogP contribution in [-0.2, 0) is 9.53 Å². The Morgan fingerprint density at radius 3 is 2.79 bits per heavy atom. The van der Waals surface area contributed by atoms with Gasteiger partial charge in [0.25, 0.3) is 5.91 Å². The van der Waals surface area contributed by atoms with Gasteiger partial charge in [-0.15, -0.1) is 0 Å². The number of nitrogens with one attached hydrogen (secondary N) is 1. The van der Waals surface area contributed by atoms with Gasteiger partial charge in [-0.1, -0.05) is 28.1 Å². The van der Waals surface area contributed by atoms with Gasteiger partial charge in [-0.05, 0) is 36.4 Å². The quantitative estimate of drug-likeness (QED) is 0.626. The first-order valence-corrected chi connectivity index (χ1v) is 9.82. The number of halogens is 1. The van der Waals surface area contributed by atoms with Crippen LogP contribution in [0.15, 0.2) is 46.9 Å². The summed E-state index contributed by atoms with van der Waals surface area (Å²) in [5.74, 6) is 1.15. The smallest absolute Gasteiger partial charge is 0.257 e. The molecule has 0 bridgehead atoms. The molecule has 1 aliphatic heterocycles. The Balaban J connectivity index is 1.83. The van der Waals surface area contributed by atoms with Crippen molar-refractivity contribution < 1.29 is 14.3 Å². The summed E-state index contributed by atoms with van der Waals surface area (Å²) in [6.45, 7) is 2.21. The molecule has 6 nitrogen and oxygen atoms in total. The Hall–Kier alpha value is -2.64. The van der Waals surface area contributed by atoms with Crippen molar-refractivity contribution in [2.75, 3.05) is 33.4 Å². The van der Waals surface area contributed by atoms with E-state index in [9.17, 15) is 4.79 Å². The number of carbonyl (C=O) groups excluding carboxylic acids is 1. The third-order valence-corrected chi connectivity index (χ3v) is 5.16. The SMILES string of the molecule is COc1ccc(Br)cc1/C=C(/C(=O)N1CCOCC1)c1nc2ccccc2[nH]1. The topological polar surface area (TPSA) is 67.4 Å². The molecule has 3 aromatic rings. The van der Waals surface area contributed by atoms with E-state index in [1.165, 1.54) is 0 Å². The lowest BCUT2D eigenvalue weighted by Gasteiger charge is -2.27. The summed E-state index contributed by atoms with van der Waals surface area (Å²) in [6.07, 6.45) is 1.83. The molecule has 0 unspecified atom stereocenters. The van der Waals surface area contributed by atoms with Crippen molar-refractivity contribution in [3.8, 4) is 5.75 Å². The van der Waals surface area contributed by atoms with Crippen molar-refractivity contribution in [3.05, 3.63) is 58.3 Å². The van der Waals surface area contributed by atoms with Gasteiger partial charge in [-0.3, -0.25) is 4.79 Å². The number of H-pyrrole nitrogens is 1. The minimum absolute atomic E-state index is 0.0793. The monoisotopic (exact) mass is 441 g/mol. The van der Waals surface area contributed by atoms with E-state index in [4.69, 9.17) is 9.47 Å². The van der Waals surface area contributed by atoms with E-state index in [2.05, 4.69) is 25.9 Å². The van der Waals surface area contributed by atoms with E-state index in [-0.39, 0.29) is 5.91 Å². The van der Waals surface area contributed by atoms with Crippen LogP contribution in [0.4, 0.5) is 0 Å². The van der Waals surface area contributed by atoms with Crippen molar-refractivity contribution in [1.82, 2.24) is 14.9 Å². The molecule has 1 fully saturated rings. The number of carbonyl (C=O) groups is 1. The average Bonchev–Trinajstić information content (AvgIpc) is 3.16. The van der Waals surface area contributed by atoms with Gasteiger partial charge in [0.15, 0.2) is 0 Å². The standard InChI is InChI=1S/C21H20BrN3O3/c1-27-19-7-6-15(22)12-14(19)13-16(21(26)25-8-10-28-11-9-25)20-23-17-4-2-3-5-18(17)24-20/h2-7,12-13H,8-11H2,1H3,(H,23,24)/b16-13+. The van der Waals surface area contributed by atoms with E-state index in [0.717, 1.165) is 21.1 Å². The largest absolute Gasteiger partial charge is 0.496 e. The molecule has 1 N–H and O–H groups in total. The Kier molecular flexibility index (Phi) is 5.45. The van der Waals surface area contributed by atoms with E-state index in [1.54, 1.807) is 12.0 Å². The van der Waals surface area contributed by atoms with Crippen molar-refractivity contribution in [3.63, 3.8) is 0 Å². The maximum absolute atomic E-state index is 13.4. The molecular formula is C21H20BrN3O3. The number of ether oxygens (including phenoxy) is 2. The molecule has 1 saturated heterocycles. The van der Waals surface area contributed by atoms with Crippen molar-refractivity contribution in [2.24, 2.45) is 0 Å². The molecule has 1 aliphatic rings. The normalized spacial score (nSPS) is 15.1. The average molecular weight is 442 g/mol. The maximum Gasteiger partial charge on any atom is 0.257 e. The molecular weight excluding hydrogens is 422 g/mol. The number of para-hydroxylation sites is 2. The number of aromatic nitrogens is 2. The predicted molar refractivity (Wildman–Crippen MR) is 112 cm³/mol. The first kappa shape index (κ1) is 18.7. The second kappa shape index (κ2) is 8.16. The number of methoxy groups -OCH3 is 1. The van der Waals surface area contributed by atoms with Crippen LogP contribution in [0.3, 0.4) is 0 Å². The van der Waals surface area contributed by atoms with Crippen LogP contribution in [0.5, 0.6) is 5.75 Å². The number of hydrogen-bond acceptors (Lipinski definition) is 4. The van der Waals surface area contributed by atoms with Gasteiger partial charge < -0.3 is 19.4 Å². The van der Waals surface area contributed by atoms with Crippen molar-refractivity contribution in [1.29, 1.82) is 0 Å². The lowest BCUT2D eigenvalue weighted by Crippen LogP contribution is -2.41. The summed E-state index contributed by atoms with van der Waals surface area (Å²) in [5, 5.41) is 0. The van der Waals surface area contributed by atoms with E-state index < -0.39 is 0 Å². The number of nitrogens with zero attached hydrogens (tertiary/aromatic N) is 2. The first-order valence-electron chi connectivity index (χ1n) is 9.03. The highest BCUT2D eigenvalue weighted by atomic mass is 79.9. The molecule has 0 aliphatic carbocycles. The molecule has 1 aromatic heterocycles. The van der Waals surface area contributed by atoms with Gasteiger partial charge in [0.1, 0.15) is 11.6 Å². The summed E-state index contributed by atoms with van der Waals surface area (Å²) < 4.78 is 11.8. The Bertz CT molecular complexity index is 1010. The highest BCUT2D eigenvalue weighted by Gasteiger charge is 2.24. The highest BCUT2D eigenvalue weighted by molar-refractivity contribution is 9.10. The third kappa shape index (κ3) is 3.81. The predicted octanol–water partition coefficient (Wildman–Crippen LogP) is 3.73. The minimum Gasteiger partial charge on any atom is -0.496 e. The number of aromatic amines is 1. The summed E-state index contributed by atoms with van der Waals surface area (Å²) in [4.78, 5) is 23.1. The van der Waals surface area contributed by atoms with Gasteiger partial charge in [0, 0.05) is 23.1 Å². The summed E-state index contributed by atoms with van der Waals surface area (Å²) in [6, 6.07) is 13.4. The molecule has 28 heavy (non-hydrogen) atoms. The number of morpholine rings is 1. The third-order valence-electron chi connectivity index (χ3n) is 4.66. The van der Waals surface area contributed by atoms with Gasteiger partial charge in [-0.2, -0.15) is 0 Å². The Morgan fingerprint density at radius 1 is 1.25 bits per heavy atom. The number of hydrogen-bond donors (Lipinski definition) is 1. The number of rotatable bonds is 4. The lowest BCUT2D eigenvalue weighted by molar-refractivity contribution is -0.128. The van der Waals surface area contributed by atoms with Gasteiger partial charge >= 0.3 is 0 Å². The van der Waals surface area contributed by atoms with Crippen molar-refractivity contribution >= 4 is 44.5 Å². The van der Waals surface area contributed by atoms with Gasteiger partial charge in [0.2, 0.25) is 0 Å². The van der Waals surface area contributed by atoms with E-state index in [0.29, 0.717) is 43.5 Å². The van der Waals surface area contributed by atoms with Crippen LogP contribution < -0.4 is 4.74 Å². The second-order valence-corrected chi connectivity index (χ2v) is 7.37. The number of benzene rings is 2. The molecule has 0 atom stereocenters. The highest BCUT2D eigenvalue weighted by Crippen LogP contribution is 2.29. The maximum atomic E-state index is 13.4. The number of amides is 1. The van der Waals surface area contributed by atoms with Crippen LogP contribution >= 0.6 is 15.9 Å². The summed E-state index contributed by atoms with van der Waals surface area (Å²) >= 11 is 3.49. The van der Waals surface area contributed by atoms with Crippen molar-refractivity contribution in [2.45, 2.75) is 0 Å². The Morgan fingerprint density at radius 2 is 2.04 bits per heavy atom. The van der Waals surface area contributed by atoms with Gasteiger partial charge in [-0.25, -0.2) is 4.98 Å². The van der Waals surface area contributed by atoms with E-state index >= 15 is 0 Å². The molecule has 0 radical (unpaired) electrons. The molecule has 2 aromatic carbocycles. The molecule has 7 heteroatoms. The van der Waals surface area contributed by atoms with Crippen LogP contribution in [0.1, 0.15) is 11.4 Å². The molecule has 1 amide bonds. The molecule has 2 heterocycles. The fraction of sp³-hybridized carbons (Fsp3) is 0.238. The fourth-order valence-corrected chi connectivity index (χ4v) is 3.60. The first-order chi connectivity index (χ1) is 13.7. The molecule has 0 saturated carbocycles. The van der Waals surface area contributed by atoms with Crippen LogP contribution in [0.2, 0.25) is 0 Å². The zero-order chi connectivity index (χ0) is 19.5. The minimum atomic E-state index is -0.0793. The molecule has 4 rings (SSSR count). The van der Waals surface area contributed by atoms with Crippen LogP contribution in [0.25, 0.3) is 22.7 Å². The molecule has 144 valence electrons. The number of imidazole rings is 1.